The lowest BCUT2D eigenvalue weighted by molar-refractivity contribution is -0.142. The molecule has 1 heterocycles. The van der Waals surface area contributed by atoms with Crippen molar-refractivity contribution in [1.82, 2.24) is 10.3 Å². The van der Waals surface area contributed by atoms with Gasteiger partial charge in [-0.05, 0) is 6.92 Å². The Morgan fingerprint density at radius 3 is 3.23 bits per heavy atom. The molecule has 1 aromatic rings. The first kappa shape index (κ1) is 10.1. The fourth-order valence-corrected chi connectivity index (χ4v) is 1.39. The van der Waals surface area contributed by atoms with Gasteiger partial charge in [-0.25, -0.2) is 0 Å². The Balaban J connectivity index is 2.11. The highest BCUT2D eigenvalue weighted by atomic mass is 32.1. The van der Waals surface area contributed by atoms with Crippen molar-refractivity contribution in [3.05, 3.63) is 16.6 Å². The molecule has 0 atom stereocenters. The fourth-order valence-electron chi connectivity index (χ4n) is 0.829. The van der Waals surface area contributed by atoms with Gasteiger partial charge in [-0.15, -0.1) is 11.3 Å². The van der Waals surface area contributed by atoms with Gasteiger partial charge in [0.25, 0.3) is 0 Å². The molecule has 0 fully saturated rings. The minimum Gasteiger partial charge on any atom is -0.465 e. The topological polar surface area (TPSA) is 51.2 Å². The summed E-state index contributed by atoms with van der Waals surface area (Å²) in [4.78, 5) is 15.9. The Kier molecular flexibility index (Phi) is 4.42. The van der Waals surface area contributed by atoms with Gasteiger partial charge >= 0.3 is 5.97 Å². The number of aromatic nitrogens is 1. The standard InChI is InChI=1S/C8H12N2O2S/c1-2-12-8(11)5-9-3-7-4-10-6-13-7/h4,6,9H,2-3,5H2,1H3. The van der Waals surface area contributed by atoms with Crippen LogP contribution in [-0.4, -0.2) is 24.1 Å². The molecule has 1 rings (SSSR count). The first-order valence-electron chi connectivity index (χ1n) is 4.06. The zero-order valence-electron chi connectivity index (χ0n) is 7.45. The van der Waals surface area contributed by atoms with Gasteiger partial charge in [0.1, 0.15) is 0 Å². The van der Waals surface area contributed by atoms with Gasteiger partial charge in [0, 0.05) is 17.6 Å². The second kappa shape index (κ2) is 5.66. The van der Waals surface area contributed by atoms with Crippen molar-refractivity contribution < 1.29 is 9.53 Å². The Morgan fingerprint density at radius 1 is 1.77 bits per heavy atom. The molecule has 0 saturated heterocycles. The highest BCUT2D eigenvalue weighted by molar-refractivity contribution is 7.09. The smallest absolute Gasteiger partial charge is 0.319 e. The van der Waals surface area contributed by atoms with Crippen molar-refractivity contribution in [2.45, 2.75) is 13.5 Å². The van der Waals surface area contributed by atoms with Gasteiger partial charge in [-0.3, -0.25) is 9.78 Å². The number of ether oxygens (including phenoxy) is 1. The van der Waals surface area contributed by atoms with E-state index in [-0.39, 0.29) is 12.5 Å². The van der Waals surface area contributed by atoms with Crippen LogP contribution in [0, 0.1) is 0 Å². The number of nitrogens with zero attached hydrogens (tertiary/aromatic N) is 1. The van der Waals surface area contributed by atoms with E-state index in [1.54, 1.807) is 30.0 Å². The van der Waals surface area contributed by atoms with Crippen LogP contribution in [0.15, 0.2) is 11.7 Å². The van der Waals surface area contributed by atoms with Crippen molar-refractivity contribution in [2.24, 2.45) is 0 Å². The molecular formula is C8H12N2O2S. The van der Waals surface area contributed by atoms with Crippen molar-refractivity contribution >= 4 is 17.3 Å². The zero-order chi connectivity index (χ0) is 9.52. The predicted octanol–water partition coefficient (Wildman–Crippen LogP) is 0.796. The average molecular weight is 200 g/mol. The molecule has 1 N–H and O–H groups in total. The minimum atomic E-state index is -0.216. The first-order chi connectivity index (χ1) is 6.33. The minimum absolute atomic E-state index is 0.216. The molecule has 5 heteroatoms. The van der Waals surface area contributed by atoms with Crippen LogP contribution in [0.5, 0.6) is 0 Å². The van der Waals surface area contributed by atoms with Crippen LogP contribution in [0.4, 0.5) is 0 Å². The molecule has 0 aliphatic carbocycles. The molecule has 13 heavy (non-hydrogen) atoms. The number of hydrogen-bond acceptors (Lipinski definition) is 5. The van der Waals surface area contributed by atoms with E-state index in [4.69, 9.17) is 4.74 Å². The average Bonchev–Trinajstić information content (AvgIpc) is 2.57. The highest BCUT2D eigenvalue weighted by Crippen LogP contribution is 2.03. The second-order valence-corrected chi connectivity index (χ2v) is 3.35. The van der Waals surface area contributed by atoms with Crippen molar-refractivity contribution in [3.63, 3.8) is 0 Å². The molecular weight excluding hydrogens is 188 g/mol. The van der Waals surface area contributed by atoms with Crippen molar-refractivity contribution in [1.29, 1.82) is 0 Å². The maximum atomic E-state index is 10.9. The van der Waals surface area contributed by atoms with E-state index < -0.39 is 0 Å². The van der Waals surface area contributed by atoms with Gasteiger partial charge in [-0.2, -0.15) is 0 Å². The SMILES string of the molecule is CCOC(=O)CNCc1cncs1. The monoisotopic (exact) mass is 200 g/mol. The first-order valence-corrected chi connectivity index (χ1v) is 4.94. The molecule has 0 aliphatic heterocycles. The Bertz CT molecular complexity index is 249. The third-order valence-electron chi connectivity index (χ3n) is 1.36. The Labute approximate surface area is 80.9 Å². The summed E-state index contributed by atoms with van der Waals surface area (Å²) in [6.07, 6.45) is 1.78. The van der Waals surface area contributed by atoms with E-state index >= 15 is 0 Å². The molecule has 0 unspecified atom stereocenters. The maximum absolute atomic E-state index is 10.9. The van der Waals surface area contributed by atoms with Gasteiger partial charge in [0.05, 0.1) is 18.7 Å². The molecule has 0 radical (unpaired) electrons. The largest absolute Gasteiger partial charge is 0.465 e. The quantitative estimate of drug-likeness (QED) is 0.714. The third kappa shape index (κ3) is 4.00. The van der Waals surface area contributed by atoms with E-state index in [0.717, 1.165) is 4.88 Å². The van der Waals surface area contributed by atoms with Crippen molar-refractivity contribution in [3.8, 4) is 0 Å². The lowest BCUT2D eigenvalue weighted by atomic mass is 10.5. The number of esters is 1. The Hall–Kier alpha value is -0.940. The summed E-state index contributed by atoms with van der Waals surface area (Å²) in [7, 11) is 0. The van der Waals surface area contributed by atoms with E-state index in [1.807, 2.05) is 0 Å². The van der Waals surface area contributed by atoms with Crippen LogP contribution < -0.4 is 5.32 Å². The summed E-state index contributed by atoms with van der Waals surface area (Å²) >= 11 is 1.56. The fraction of sp³-hybridized carbons (Fsp3) is 0.500. The molecule has 72 valence electrons. The number of carbonyl (C=O) groups is 1. The number of thiazole rings is 1. The molecule has 0 saturated carbocycles. The number of rotatable bonds is 5. The summed E-state index contributed by atoms with van der Waals surface area (Å²) in [5.41, 5.74) is 1.77. The maximum Gasteiger partial charge on any atom is 0.319 e. The summed E-state index contributed by atoms with van der Waals surface area (Å²) in [6.45, 7) is 3.15. The summed E-state index contributed by atoms with van der Waals surface area (Å²) < 4.78 is 4.75. The summed E-state index contributed by atoms with van der Waals surface area (Å²) in [6, 6.07) is 0. The predicted molar refractivity (Wildman–Crippen MR) is 50.5 cm³/mol. The normalized spacial score (nSPS) is 9.92. The third-order valence-corrected chi connectivity index (χ3v) is 2.14. The van der Waals surface area contributed by atoms with Gasteiger partial charge in [0.2, 0.25) is 0 Å². The second-order valence-electron chi connectivity index (χ2n) is 2.38. The number of nitrogens with one attached hydrogen (secondary N) is 1. The van der Waals surface area contributed by atoms with Crippen LogP contribution in [0.25, 0.3) is 0 Å². The molecule has 0 aromatic carbocycles. The summed E-state index contributed by atoms with van der Waals surface area (Å²) in [5.74, 6) is -0.216. The van der Waals surface area contributed by atoms with E-state index in [9.17, 15) is 4.79 Å². The number of carbonyl (C=O) groups excluding carboxylic acids is 1. The van der Waals surface area contributed by atoms with Gasteiger partial charge in [-0.1, -0.05) is 0 Å². The Morgan fingerprint density at radius 2 is 2.62 bits per heavy atom. The van der Waals surface area contributed by atoms with Gasteiger partial charge < -0.3 is 10.1 Å². The van der Waals surface area contributed by atoms with Crippen LogP contribution in [0.1, 0.15) is 11.8 Å². The molecule has 4 nitrogen and oxygen atoms in total. The van der Waals surface area contributed by atoms with E-state index in [2.05, 4.69) is 10.3 Å². The lowest BCUT2D eigenvalue weighted by Gasteiger charge is -2.01. The highest BCUT2D eigenvalue weighted by Gasteiger charge is 2.00. The van der Waals surface area contributed by atoms with E-state index in [0.29, 0.717) is 13.2 Å². The molecule has 0 aliphatic rings. The van der Waals surface area contributed by atoms with Crippen LogP contribution in [-0.2, 0) is 16.1 Å². The van der Waals surface area contributed by atoms with Crippen molar-refractivity contribution in [2.75, 3.05) is 13.2 Å². The molecule has 1 aromatic heterocycles. The zero-order valence-corrected chi connectivity index (χ0v) is 8.26. The molecule has 0 bridgehead atoms. The summed E-state index contributed by atoms with van der Waals surface area (Å²) in [5, 5.41) is 2.97. The number of hydrogen-bond donors (Lipinski definition) is 1. The molecule has 0 spiro atoms. The van der Waals surface area contributed by atoms with Crippen LogP contribution in [0.2, 0.25) is 0 Å². The van der Waals surface area contributed by atoms with Gasteiger partial charge in [0.15, 0.2) is 0 Å². The van der Waals surface area contributed by atoms with Crippen LogP contribution >= 0.6 is 11.3 Å². The van der Waals surface area contributed by atoms with E-state index in [1.165, 1.54) is 0 Å². The molecule has 0 amide bonds. The van der Waals surface area contributed by atoms with Crippen LogP contribution in [0.3, 0.4) is 0 Å². The lowest BCUT2D eigenvalue weighted by Crippen LogP contribution is -2.23.